The number of hydrogen-bond donors (Lipinski definition) is 1. The number of hydrogen-bond acceptors (Lipinski definition) is 7. The Labute approximate surface area is 183 Å². The first-order valence-electron chi connectivity index (χ1n) is 9.58. The van der Waals surface area contributed by atoms with Crippen LogP contribution < -0.4 is 10.5 Å². The van der Waals surface area contributed by atoms with E-state index in [4.69, 9.17) is 25.2 Å². The molecule has 1 unspecified atom stereocenters. The van der Waals surface area contributed by atoms with Gasteiger partial charge in [0.2, 0.25) is 5.88 Å². The van der Waals surface area contributed by atoms with Gasteiger partial charge < -0.3 is 19.9 Å². The Balaban J connectivity index is 2.25. The Bertz CT molecular complexity index is 1000. The quantitative estimate of drug-likeness (QED) is 0.644. The van der Waals surface area contributed by atoms with Crippen molar-refractivity contribution in [2.24, 2.45) is 11.1 Å². The molecule has 0 fully saturated rings. The number of nitrogens with two attached hydrogens (primary N) is 1. The van der Waals surface area contributed by atoms with Crippen LogP contribution in [0.25, 0.3) is 0 Å². The maximum Gasteiger partial charge on any atom is 0.340 e. The van der Waals surface area contributed by atoms with Crippen molar-refractivity contribution in [3.63, 3.8) is 0 Å². The summed E-state index contributed by atoms with van der Waals surface area (Å²) >= 11 is 3.44. The van der Waals surface area contributed by atoms with Crippen LogP contribution in [0.1, 0.15) is 45.1 Å². The molecule has 0 amide bonds. The van der Waals surface area contributed by atoms with Gasteiger partial charge >= 0.3 is 5.97 Å². The largest absolute Gasteiger partial charge is 0.478 e. The lowest BCUT2D eigenvalue weighted by molar-refractivity contribution is -0.139. The predicted molar refractivity (Wildman–Crippen MR) is 112 cm³/mol. The van der Waals surface area contributed by atoms with Crippen LogP contribution in [-0.2, 0) is 19.1 Å². The van der Waals surface area contributed by atoms with Crippen LogP contribution in [0.3, 0.4) is 0 Å². The lowest BCUT2D eigenvalue weighted by atomic mass is 9.70. The fourth-order valence-electron chi connectivity index (χ4n) is 3.89. The van der Waals surface area contributed by atoms with Crippen molar-refractivity contribution in [1.29, 1.82) is 5.26 Å². The van der Waals surface area contributed by atoms with E-state index in [-0.39, 0.29) is 35.9 Å². The zero-order valence-corrected chi connectivity index (χ0v) is 18.7. The molecule has 1 aliphatic carbocycles. The molecule has 8 heteroatoms. The van der Waals surface area contributed by atoms with E-state index in [2.05, 4.69) is 15.9 Å². The van der Waals surface area contributed by atoms with Crippen molar-refractivity contribution >= 4 is 27.7 Å². The minimum atomic E-state index is -0.817. The number of nitrogens with zero attached hydrogens (tertiary/aromatic N) is 1. The van der Waals surface area contributed by atoms with Crippen LogP contribution in [0.2, 0.25) is 0 Å². The number of esters is 1. The number of carbonyl (C=O) groups excluding carboxylic acids is 2. The number of nitriles is 1. The van der Waals surface area contributed by atoms with E-state index in [1.807, 2.05) is 19.9 Å². The number of benzene rings is 1. The highest BCUT2D eigenvalue weighted by Crippen LogP contribution is 2.50. The van der Waals surface area contributed by atoms with Gasteiger partial charge in [0.15, 0.2) is 12.4 Å². The number of halogens is 1. The lowest BCUT2D eigenvalue weighted by Crippen LogP contribution is -2.35. The van der Waals surface area contributed by atoms with Crippen LogP contribution in [0.15, 0.2) is 45.5 Å². The average molecular weight is 475 g/mol. The number of ether oxygens (including phenoxy) is 3. The molecule has 2 N–H and O–H groups in total. The average Bonchev–Trinajstić information content (AvgIpc) is 2.65. The summed E-state index contributed by atoms with van der Waals surface area (Å²) in [5.74, 6) is -0.845. The van der Waals surface area contributed by atoms with Gasteiger partial charge in [-0.2, -0.15) is 5.26 Å². The molecular formula is C22H23BrN2O5. The summed E-state index contributed by atoms with van der Waals surface area (Å²) in [4.78, 5) is 26.0. The van der Waals surface area contributed by atoms with Crippen LogP contribution in [0.5, 0.6) is 5.75 Å². The van der Waals surface area contributed by atoms with Crippen LogP contribution >= 0.6 is 15.9 Å². The van der Waals surface area contributed by atoms with Crippen LogP contribution in [0.4, 0.5) is 0 Å². The summed E-state index contributed by atoms with van der Waals surface area (Å²) in [6, 6.07) is 7.13. The van der Waals surface area contributed by atoms with Crippen LogP contribution in [0, 0.1) is 16.7 Å². The molecule has 0 radical (unpaired) electrons. The Morgan fingerprint density at radius 3 is 2.80 bits per heavy atom. The van der Waals surface area contributed by atoms with Crippen molar-refractivity contribution in [1.82, 2.24) is 0 Å². The van der Waals surface area contributed by atoms with Gasteiger partial charge in [-0.05, 0) is 30.5 Å². The zero-order chi connectivity index (χ0) is 22.1. The molecule has 1 aliphatic heterocycles. The first kappa shape index (κ1) is 21.9. The van der Waals surface area contributed by atoms with Gasteiger partial charge in [-0.25, -0.2) is 4.79 Å². The Morgan fingerprint density at radius 1 is 1.40 bits per heavy atom. The highest BCUT2D eigenvalue weighted by Gasteiger charge is 2.45. The topological polar surface area (TPSA) is 112 Å². The molecule has 3 rings (SSSR count). The Morgan fingerprint density at radius 2 is 2.13 bits per heavy atom. The number of ketones is 1. The summed E-state index contributed by atoms with van der Waals surface area (Å²) in [5, 5.41) is 8.95. The molecule has 1 heterocycles. The fraction of sp³-hybridized carbons (Fsp3) is 0.409. The van der Waals surface area contributed by atoms with Crippen molar-refractivity contribution in [3.05, 3.63) is 51.0 Å². The Kier molecular flexibility index (Phi) is 6.22. The van der Waals surface area contributed by atoms with Crippen molar-refractivity contribution < 1.29 is 23.8 Å². The number of Topliss-reactive ketones (excluding diaryl/α,β-unsaturated/α-hetero) is 1. The molecule has 7 nitrogen and oxygen atoms in total. The summed E-state index contributed by atoms with van der Waals surface area (Å²) in [7, 11) is 0. The van der Waals surface area contributed by atoms with Gasteiger partial charge in [0.05, 0.1) is 12.5 Å². The van der Waals surface area contributed by atoms with Crippen molar-refractivity contribution in [2.45, 2.75) is 39.5 Å². The SMILES string of the molecule is CCOC(=O)C1=C(N)OC2=C(C(=O)CC(C)(C)C2)C1c1cc(Br)ccc1OCC#N. The third-order valence-electron chi connectivity index (χ3n) is 5.03. The molecule has 0 saturated carbocycles. The number of allylic oxidation sites excluding steroid dienone is 2. The van der Waals surface area contributed by atoms with Gasteiger partial charge in [0, 0.05) is 28.5 Å². The molecule has 0 spiro atoms. The molecule has 0 bridgehead atoms. The van der Waals surface area contributed by atoms with Gasteiger partial charge in [-0.15, -0.1) is 0 Å². The normalized spacial score (nSPS) is 20.2. The van der Waals surface area contributed by atoms with Crippen molar-refractivity contribution in [3.8, 4) is 11.8 Å². The maximum atomic E-state index is 13.2. The molecule has 158 valence electrons. The highest BCUT2D eigenvalue weighted by atomic mass is 79.9. The van der Waals surface area contributed by atoms with E-state index in [1.54, 1.807) is 25.1 Å². The van der Waals surface area contributed by atoms with Gasteiger partial charge in [0.25, 0.3) is 0 Å². The third-order valence-corrected chi connectivity index (χ3v) is 5.52. The van der Waals surface area contributed by atoms with E-state index >= 15 is 0 Å². The predicted octanol–water partition coefficient (Wildman–Crippen LogP) is 3.84. The minimum absolute atomic E-state index is 0.0589. The lowest BCUT2D eigenvalue weighted by Gasteiger charge is -2.38. The second kappa shape index (κ2) is 8.52. The van der Waals surface area contributed by atoms with E-state index in [1.165, 1.54) is 0 Å². The maximum absolute atomic E-state index is 13.2. The molecule has 30 heavy (non-hydrogen) atoms. The molecule has 0 aromatic heterocycles. The summed E-state index contributed by atoms with van der Waals surface area (Å²) < 4.78 is 17.3. The first-order chi connectivity index (χ1) is 14.2. The van der Waals surface area contributed by atoms with E-state index in [9.17, 15) is 9.59 Å². The summed E-state index contributed by atoms with van der Waals surface area (Å²) in [6.07, 6.45) is 0.813. The first-order valence-corrected chi connectivity index (χ1v) is 10.4. The van der Waals surface area contributed by atoms with Crippen molar-refractivity contribution in [2.75, 3.05) is 13.2 Å². The van der Waals surface area contributed by atoms with E-state index in [0.717, 1.165) is 4.47 Å². The molecule has 0 saturated heterocycles. The highest BCUT2D eigenvalue weighted by molar-refractivity contribution is 9.10. The third kappa shape index (κ3) is 4.21. The fourth-order valence-corrected chi connectivity index (χ4v) is 4.27. The standard InChI is InChI=1S/C22H23BrN2O5/c1-4-28-21(27)19-17(13-9-12(23)5-6-15(13)29-8-7-24)18-14(26)10-22(2,3)11-16(18)30-20(19)25/h5-6,9,17H,4,8,10-11,25H2,1-3H3. The van der Waals surface area contributed by atoms with Gasteiger partial charge in [-0.1, -0.05) is 29.8 Å². The molecular weight excluding hydrogens is 452 g/mol. The smallest absolute Gasteiger partial charge is 0.340 e. The molecule has 1 aromatic rings. The molecule has 2 aliphatic rings. The van der Waals surface area contributed by atoms with Crippen LogP contribution in [-0.4, -0.2) is 25.0 Å². The summed E-state index contributed by atoms with van der Waals surface area (Å²) in [5.41, 5.74) is 6.86. The number of carbonyl (C=O) groups is 2. The summed E-state index contributed by atoms with van der Waals surface area (Å²) in [6.45, 7) is 5.61. The monoisotopic (exact) mass is 474 g/mol. The zero-order valence-electron chi connectivity index (χ0n) is 17.1. The van der Waals surface area contributed by atoms with E-state index in [0.29, 0.717) is 35.5 Å². The minimum Gasteiger partial charge on any atom is -0.478 e. The molecule has 1 aromatic carbocycles. The Hall–Kier alpha value is -2.79. The number of rotatable bonds is 5. The second-order valence-corrected chi connectivity index (χ2v) is 8.86. The van der Waals surface area contributed by atoms with Gasteiger partial charge in [-0.3, -0.25) is 4.79 Å². The molecule has 1 atom stereocenters. The van der Waals surface area contributed by atoms with Gasteiger partial charge in [0.1, 0.15) is 23.2 Å². The van der Waals surface area contributed by atoms with E-state index < -0.39 is 11.9 Å². The second-order valence-electron chi connectivity index (χ2n) is 7.94.